The number of nitrogens with zero attached hydrogens (tertiary/aromatic N) is 2. The smallest absolute Gasteiger partial charge is 0.255 e. The maximum Gasteiger partial charge on any atom is 0.255 e. The largest absolute Gasteiger partial charge is 0.496 e. The minimum Gasteiger partial charge on any atom is -0.496 e. The van der Waals surface area contributed by atoms with Crippen molar-refractivity contribution < 1.29 is 14.3 Å². The number of hydrogen-bond donors (Lipinski definition) is 1. The van der Waals surface area contributed by atoms with E-state index < -0.39 is 0 Å². The topological polar surface area (TPSA) is 54.0 Å². The van der Waals surface area contributed by atoms with Crippen LogP contribution < -0.4 is 19.7 Å². The maximum absolute atomic E-state index is 12.8. The molecule has 1 aliphatic heterocycles. The standard InChI is InChI=1S/C23H31N3O3/c1-6-25-9-11-26(12-10-25)19-7-8-20(16(2)13-19)24-23(27)18-14-21(28-4)17(3)22(15-18)29-5/h7-8,13-15H,6,9-12H2,1-5H3,(H,24,27). The summed E-state index contributed by atoms with van der Waals surface area (Å²) in [6, 6.07) is 9.69. The Morgan fingerprint density at radius 2 is 1.62 bits per heavy atom. The number of ether oxygens (including phenoxy) is 2. The summed E-state index contributed by atoms with van der Waals surface area (Å²) < 4.78 is 10.8. The highest BCUT2D eigenvalue weighted by Gasteiger charge is 2.18. The molecule has 6 heteroatoms. The van der Waals surface area contributed by atoms with Crippen LogP contribution in [-0.2, 0) is 0 Å². The van der Waals surface area contributed by atoms with Gasteiger partial charge in [-0.25, -0.2) is 0 Å². The van der Waals surface area contributed by atoms with Gasteiger partial charge < -0.3 is 24.6 Å². The van der Waals surface area contributed by atoms with Gasteiger partial charge in [-0.15, -0.1) is 0 Å². The molecule has 3 rings (SSSR count). The monoisotopic (exact) mass is 397 g/mol. The quantitative estimate of drug-likeness (QED) is 0.805. The first-order chi connectivity index (χ1) is 14.0. The minimum absolute atomic E-state index is 0.186. The van der Waals surface area contributed by atoms with Crippen LogP contribution in [0.5, 0.6) is 11.5 Å². The van der Waals surface area contributed by atoms with Crippen LogP contribution in [0.3, 0.4) is 0 Å². The van der Waals surface area contributed by atoms with Gasteiger partial charge >= 0.3 is 0 Å². The minimum atomic E-state index is -0.186. The fourth-order valence-electron chi connectivity index (χ4n) is 3.72. The lowest BCUT2D eigenvalue weighted by atomic mass is 10.1. The number of carbonyl (C=O) groups excluding carboxylic acids is 1. The van der Waals surface area contributed by atoms with Gasteiger partial charge in [0.15, 0.2) is 0 Å². The molecule has 0 saturated carbocycles. The molecule has 1 N–H and O–H groups in total. The summed E-state index contributed by atoms with van der Waals surface area (Å²) in [6.45, 7) is 11.5. The van der Waals surface area contributed by atoms with Crippen molar-refractivity contribution in [1.29, 1.82) is 0 Å². The van der Waals surface area contributed by atoms with Gasteiger partial charge in [0.25, 0.3) is 5.91 Å². The zero-order valence-corrected chi connectivity index (χ0v) is 18.0. The number of methoxy groups -OCH3 is 2. The number of aryl methyl sites for hydroxylation is 1. The third-order valence-electron chi connectivity index (χ3n) is 5.66. The van der Waals surface area contributed by atoms with Crippen LogP contribution in [0.25, 0.3) is 0 Å². The van der Waals surface area contributed by atoms with E-state index >= 15 is 0 Å². The van der Waals surface area contributed by atoms with E-state index in [1.165, 1.54) is 5.69 Å². The van der Waals surface area contributed by atoms with Crippen LogP contribution in [0.15, 0.2) is 30.3 Å². The van der Waals surface area contributed by atoms with Gasteiger partial charge in [0.2, 0.25) is 0 Å². The zero-order valence-electron chi connectivity index (χ0n) is 18.0. The summed E-state index contributed by atoms with van der Waals surface area (Å²) in [5, 5.41) is 3.02. The molecule has 0 radical (unpaired) electrons. The second-order valence-corrected chi connectivity index (χ2v) is 7.38. The van der Waals surface area contributed by atoms with Crippen LogP contribution >= 0.6 is 0 Å². The van der Waals surface area contributed by atoms with Crippen molar-refractivity contribution in [2.75, 3.05) is 57.2 Å². The molecule has 0 aliphatic carbocycles. The lowest BCUT2D eigenvalue weighted by Gasteiger charge is -2.35. The van der Waals surface area contributed by atoms with Gasteiger partial charge in [0.05, 0.1) is 14.2 Å². The molecule has 0 unspecified atom stereocenters. The van der Waals surface area contributed by atoms with E-state index in [9.17, 15) is 4.79 Å². The molecule has 0 atom stereocenters. The second kappa shape index (κ2) is 9.18. The van der Waals surface area contributed by atoms with Crippen molar-refractivity contribution in [1.82, 2.24) is 4.90 Å². The second-order valence-electron chi connectivity index (χ2n) is 7.38. The first-order valence-corrected chi connectivity index (χ1v) is 10.1. The molecule has 2 aromatic carbocycles. The molecular formula is C23H31N3O3. The molecule has 0 spiro atoms. The summed E-state index contributed by atoms with van der Waals surface area (Å²) in [6.07, 6.45) is 0. The van der Waals surface area contributed by atoms with E-state index in [0.29, 0.717) is 17.1 Å². The predicted octanol–water partition coefficient (Wildman–Crippen LogP) is 3.71. The molecule has 29 heavy (non-hydrogen) atoms. The highest BCUT2D eigenvalue weighted by atomic mass is 16.5. The van der Waals surface area contributed by atoms with E-state index in [4.69, 9.17) is 9.47 Å². The number of piperazine rings is 1. The Labute approximate surface area is 173 Å². The number of carbonyl (C=O) groups is 1. The fraction of sp³-hybridized carbons (Fsp3) is 0.435. The van der Waals surface area contributed by atoms with Crippen molar-refractivity contribution in [3.8, 4) is 11.5 Å². The van der Waals surface area contributed by atoms with E-state index in [0.717, 1.165) is 49.5 Å². The molecule has 1 heterocycles. The summed E-state index contributed by atoms with van der Waals surface area (Å²) in [5.41, 5.74) is 4.43. The van der Waals surface area contributed by atoms with Crippen molar-refractivity contribution in [3.63, 3.8) is 0 Å². The van der Waals surface area contributed by atoms with Gasteiger partial charge in [0.1, 0.15) is 11.5 Å². The average molecular weight is 398 g/mol. The van der Waals surface area contributed by atoms with Gasteiger partial charge in [-0.05, 0) is 56.3 Å². The highest BCUT2D eigenvalue weighted by Crippen LogP contribution is 2.30. The molecule has 2 aromatic rings. The number of amides is 1. The maximum atomic E-state index is 12.8. The number of hydrogen-bond acceptors (Lipinski definition) is 5. The Bertz CT molecular complexity index is 849. The van der Waals surface area contributed by atoms with Crippen molar-refractivity contribution >= 4 is 17.3 Å². The predicted molar refractivity (Wildman–Crippen MR) is 118 cm³/mol. The Morgan fingerprint density at radius 1 is 1.00 bits per heavy atom. The van der Waals surface area contributed by atoms with Crippen LogP contribution in [0.1, 0.15) is 28.4 Å². The third kappa shape index (κ3) is 4.65. The summed E-state index contributed by atoms with van der Waals surface area (Å²) in [5.74, 6) is 1.08. The normalized spacial score (nSPS) is 14.6. The van der Waals surface area contributed by atoms with E-state index in [2.05, 4.69) is 34.2 Å². The highest BCUT2D eigenvalue weighted by molar-refractivity contribution is 6.05. The number of anilines is 2. The Kier molecular flexibility index (Phi) is 6.64. The van der Waals surface area contributed by atoms with Gasteiger partial charge in [-0.1, -0.05) is 6.92 Å². The number of nitrogens with one attached hydrogen (secondary N) is 1. The van der Waals surface area contributed by atoms with Crippen molar-refractivity contribution in [3.05, 3.63) is 47.0 Å². The number of benzene rings is 2. The average Bonchev–Trinajstić information content (AvgIpc) is 2.75. The molecular weight excluding hydrogens is 366 g/mol. The van der Waals surface area contributed by atoms with Gasteiger partial charge in [-0.3, -0.25) is 4.79 Å². The van der Waals surface area contributed by atoms with E-state index in [-0.39, 0.29) is 5.91 Å². The molecule has 1 amide bonds. The Balaban J connectivity index is 1.74. The van der Waals surface area contributed by atoms with Gasteiger partial charge in [0, 0.05) is 48.7 Å². The Morgan fingerprint density at radius 3 is 2.14 bits per heavy atom. The van der Waals surface area contributed by atoms with Gasteiger partial charge in [-0.2, -0.15) is 0 Å². The van der Waals surface area contributed by atoms with E-state index in [1.54, 1.807) is 26.4 Å². The molecule has 6 nitrogen and oxygen atoms in total. The van der Waals surface area contributed by atoms with Crippen LogP contribution in [0, 0.1) is 13.8 Å². The molecule has 1 saturated heterocycles. The molecule has 0 aromatic heterocycles. The van der Waals surface area contributed by atoms with E-state index in [1.807, 2.05) is 19.9 Å². The first kappa shape index (κ1) is 21.0. The third-order valence-corrected chi connectivity index (χ3v) is 5.66. The molecule has 0 bridgehead atoms. The fourth-order valence-corrected chi connectivity index (χ4v) is 3.72. The lowest BCUT2D eigenvalue weighted by molar-refractivity contribution is 0.102. The Hall–Kier alpha value is -2.73. The van der Waals surface area contributed by atoms with Crippen LogP contribution in [0.2, 0.25) is 0 Å². The lowest BCUT2D eigenvalue weighted by Crippen LogP contribution is -2.46. The first-order valence-electron chi connectivity index (χ1n) is 10.1. The number of likely N-dealkylation sites (N-methyl/N-ethyl adjacent to an activating group) is 1. The van der Waals surface area contributed by atoms with Crippen molar-refractivity contribution in [2.45, 2.75) is 20.8 Å². The molecule has 1 aliphatic rings. The van der Waals surface area contributed by atoms with Crippen LogP contribution in [0.4, 0.5) is 11.4 Å². The van der Waals surface area contributed by atoms with Crippen molar-refractivity contribution in [2.24, 2.45) is 0 Å². The molecule has 156 valence electrons. The summed E-state index contributed by atoms with van der Waals surface area (Å²) in [4.78, 5) is 17.7. The SMILES string of the molecule is CCN1CCN(c2ccc(NC(=O)c3cc(OC)c(C)c(OC)c3)c(C)c2)CC1. The van der Waals surface area contributed by atoms with Crippen LogP contribution in [-0.4, -0.2) is 57.8 Å². The zero-order chi connectivity index (χ0) is 21.0. The summed E-state index contributed by atoms with van der Waals surface area (Å²) >= 11 is 0. The number of rotatable bonds is 6. The summed E-state index contributed by atoms with van der Waals surface area (Å²) in [7, 11) is 3.18. The molecule has 1 fully saturated rings.